The standard InChI is InChI=1S/C18H19N3O4/c1-11-17(13-5-3-4-6-15(13)24-11)18(22)20-14-9-23-10-16(14)25-12-7-19-21(2)8-12/h3-8,14,16H,9-10H2,1-2H3,(H,20,22)/t14-,16+/m0/s1. The van der Waals surface area contributed by atoms with Crippen LogP contribution in [0.1, 0.15) is 16.1 Å². The van der Waals surface area contributed by atoms with Gasteiger partial charge in [-0.05, 0) is 13.0 Å². The SMILES string of the molecule is Cc1oc2ccccc2c1C(=O)N[C@H]1COC[C@H]1Oc1cnn(C)c1. The number of para-hydroxylation sites is 1. The zero-order valence-electron chi connectivity index (χ0n) is 14.1. The summed E-state index contributed by atoms with van der Waals surface area (Å²) >= 11 is 0. The largest absolute Gasteiger partial charge is 0.482 e. The number of nitrogens with one attached hydrogen (secondary N) is 1. The first-order chi connectivity index (χ1) is 12.1. The zero-order valence-corrected chi connectivity index (χ0v) is 14.1. The average molecular weight is 341 g/mol. The van der Waals surface area contributed by atoms with E-state index in [9.17, 15) is 4.79 Å². The van der Waals surface area contributed by atoms with Crippen molar-refractivity contribution < 1.29 is 18.7 Å². The first kappa shape index (κ1) is 15.7. The molecule has 1 N–H and O–H groups in total. The molecule has 0 unspecified atom stereocenters. The second kappa shape index (κ2) is 6.25. The Bertz CT molecular complexity index is 914. The quantitative estimate of drug-likeness (QED) is 0.786. The smallest absolute Gasteiger partial charge is 0.255 e. The number of furan rings is 1. The molecule has 0 bridgehead atoms. The summed E-state index contributed by atoms with van der Waals surface area (Å²) in [5.41, 5.74) is 1.26. The lowest BCUT2D eigenvalue weighted by atomic mass is 10.1. The molecule has 1 saturated heterocycles. The third kappa shape index (κ3) is 2.98. The molecule has 1 aliphatic rings. The first-order valence-electron chi connectivity index (χ1n) is 8.14. The number of carbonyl (C=O) groups is 1. The summed E-state index contributed by atoms with van der Waals surface area (Å²) in [6.45, 7) is 2.63. The molecule has 0 spiro atoms. The Labute approximate surface area is 144 Å². The van der Waals surface area contributed by atoms with Gasteiger partial charge in [0.05, 0.1) is 37.2 Å². The molecule has 7 nitrogen and oxygen atoms in total. The molecular weight excluding hydrogens is 322 g/mol. The molecule has 7 heteroatoms. The maximum atomic E-state index is 12.8. The Balaban J connectivity index is 1.52. The molecule has 1 aromatic carbocycles. The number of hydrogen-bond donors (Lipinski definition) is 1. The number of carbonyl (C=O) groups excluding carboxylic acids is 1. The lowest BCUT2D eigenvalue weighted by Gasteiger charge is -2.19. The van der Waals surface area contributed by atoms with Crippen molar-refractivity contribution >= 4 is 16.9 Å². The summed E-state index contributed by atoms with van der Waals surface area (Å²) in [6, 6.07) is 7.28. The maximum Gasteiger partial charge on any atom is 0.255 e. The van der Waals surface area contributed by atoms with Crippen LogP contribution in [-0.2, 0) is 11.8 Å². The fraction of sp³-hybridized carbons (Fsp3) is 0.333. The van der Waals surface area contributed by atoms with E-state index < -0.39 is 0 Å². The van der Waals surface area contributed by atoms with Crippen LogP contribution in [0, 0.1) is 6.92 Å². The Morgan fingerprint density at radius 1 is 1.36 bits per heavy atom. The van der Waals surface area contributed by atoms with Gasteiger partial charge in [0.1, 0.15) is 17.4 Å². The number of rotatable bonds is 4. The van der Waals surface area contributed by atoms with Gasteiger partial charge < -0.3 is 19.2 Å². The van der Waals surface area contributed by atoms with E-state index in [0.717, 1.165) is 5.39 Å². The molecule has 3 aromatic rings. The lowest BCUT2D eigenvalue weighted by Crippen LogP contribution is -2.45. The Morgan fingerprint density at radius 3 is 3.00 bits per heavy atom. The van der Waals surface area contributed by atoms with Crippen LogP contribution in [0.2, 0.25) is 0 Å². The number of hydrogen-bond acceptors (Lipinski definition) is 5. The first-order valence-corrected chi connectivity index (χ1v) is 8.14. The molecule has 0 saturated carbocycles. The topological polar surface area (TPSA) is 78.5 Å². The van der Waals surface area contributed by atoms with E-state index in [4.69, 9.17) is 13.9 Å². The van der Waals surface area contributed by atoms with E-state index in [1.54, 1.807) is 24.0 Å². The minimum absolute atomic E-state index is 0.183. The van der Waals surface area contributed by atoms with Gasteiger partial charge in [-0.15, -0.1) is 0 Å². The van der Waals surface area contributed by atoms with Crippen LogP contribution in [0.5, 0.6) is 5.75 Å². The van der Waals surface area contributed by atoms with Gasteiger partial charge in [-0.3, -0.25) is 9.48 Å². The predicted molar refractivity (Wildman–Crippen MR) is 90.6 cm³/mol. The fourth-order valence-corrected chi connectivity index (χ4v) is 3.11. The van der Waals surface area contributed by atoms with E-state index in [-0.39, 0.29) is 18.1 Å². The number of nitrogens with zero attached hydrogens (tertiary/aromatic N) is 2. The number of aromatic nitrogens is 2. The molecule has 1 amide bonds. The second-order valence-corrected chi connectivity index (χ2v) is 6.15. The number of benzene rings is 1. The van der Waals surface area contributed by atoms with E-state index in [0.29, 0.717) is 35.9 Å². The Kier molecular flexibility index (Phi) is 3.93. The molecule has 3 heterocycles. The van der Waals surface area contributed by atoms with Gasteiger partial charge in [-0.1, -0.05) is 18.2 Å². The minimum Gasteiger partial charge on any atom is -0.482 e. The van der Waals surface area contributed by atoms with Crippen molar-refractivity contribution in [1.82, 2.24) is 15.1 Å². The minimum atomic E-state index is -0.258. The van der Waals surface area contributed by atoms with E-state index in [1.165, 1.54) is 0 Å². The highest BCUT2D eigenvalue weighted by molar-refractivity contribution is 6.07. The number of fused-ring (bicyclic) bond motifs is 1. The molecule has 0 radical (unpaired) electrons. The van der Waals surface area contributed by atoms with E-state index in [1.807, 2.05) is 31.3 Å². The van der Waals surface area contributed by atoms with Crippen molar-refractivity contribution in [2.45, 2.75) is 19.1 Å². The van der Waals surface area contributed by atoms with E-state index in [2.05, 4.69) is 10.4 Å². The Hall–Kier alpha value is -2.80. The third-order valence-corrected chi connectivity index (χ3v) is 4.31. The maximum absolute atomic E-state index is 12.8. The summed E-state index contributed by atoms with van der Waals surface area (Å²) in [7, 11) is 1.82. The molecule has 25 heavy (non-hydrogen) atoms. The zero-order chi connectivity index (χ0) is 17.4. The molecule has 1 aliphatic heterocycles. The van der Waals surface area contributed by atoms with Crippen LogP contribution < -0.4 is 10.1 Å². The fourth-order valence-electron chi connectivity index (χ4n) is 3.11. The highest BCUT2D eigenvalue weighted by atomic mass is 16.5. The van der Waals surface area contributed by atoms with Crippen molar-refractivity contribution in [2.75, 3.05) is 13.2 Å². The number of ether oxygens (including phenoxy) is 2. The normalized spacial score (nSPS) is 20.1. The van der Waals surface area contributed by atoms with Gasteiger partial charge in [0.25, 0.3) is 5.91 Å². The van der Waals surface area contributed by atoms with Crippen molar-refractivity contribution in [3.05, 3.63) is 48.0 Å². The van der Waals surface area contributed by atoms with Crippen LogP contribution in [0.25, 0.3) is 11.0 Å². The van der Waals surface area contributed by atoms with Gasteiger partial charge in [0, 0.05) is 12.4 Å². The third-order valence-electron chi connectivity index (χ3n) is 4.31. The number of aryl methyl sites for hydroxylation is 2. The average Bonchev–Trinajstić information content (AvgIpc) is 3.27. The molecule has 4 rings (SSSR count). The molecule has 130 valence electrons. The molecule has 2 atom stereocenters. The molecule has 2 aromatic heterocycles. The van der Waals surface area contributed by atoms with Gasteiger partial charge in [-0.2, -0.15) is 5.10 Å². The Morgan fingerprint density at radius 2 is 2.20 bits per heavy atom. The van der Waals surface area contributed by atoms with Gasteiger partial charge in [0.2, 0.25) is 0 Å². The van der Waals surface area contributed by atoms with Gasteiger partial charge >= 0.3 is 0 Å². The van der Waals surface area contributed by atoms with E-state index >= 15 is 0 Å². The molecular formula is C18H19N3O4. The molecule has 1 fully saturated rings. The highest BCUT2D eigenvalue weighted by Gasteiger charge is 2.33. The highest BCUT2D eigenvalue weighted by Crippen LogP contribution is 2.25. The summed E-state index contributed by atoms with van der Waals surface area (Å²) in [4.78, 5) is 12.8. The van der Waals surface area contributed by atoms with Crippen molar-refractivity contribution in [3.63, 3.8) is 0 Å². The van der Waals surface area contributed by atoms with Crippen LogP contribution in [0.3, 0.4) is 0 Å². The van der Waals surface area contributed by atoms with Crippen LogP contribution >= 0.6 is 0 Å². The van der Waals surface area contributed by atoms with Gasteiger partial charge in [-0.25, -0.2) is 0 Å². The summed E-state index contributed by atoms with van der Waals surface area (Å²) in [5.74, 6) is 1.07. The molecule has 0 aliphatic carbocycles. The van der Waals surface area contributed by atoms with Crippen molar-refractivity contribution in [1.29, 1.82) is 0 Å². The summed E-state index contributed by atoms with van der Waals surface area (Å²) in [6.07, 6.45) is 3.17. The van der Waals surface area contributed by atoms with Gasteiger partial charge in [0.15, 0.2) is 5.75 Å². The van der Waals surface area contributed by atoms with Crippen LogP contribution in [0.4, 0.5) is 0 Å². The van der Waals surface area contributed by atoms with Crippen LogP contribution in [-0.4, -0.2) is 41.0 Å². The van der Waals surface area contributed by atoms with Crippen molar-refractivity contribution in [2.24, 2.45) is 7.05 Å². The summed E-state index contributed by atoms with van der Waals surface area (Å²) < 4.78 is 18.7. The van der Waals surface area contributed by atoms with Crippen molar-refractivity contribution in [3.8, 4) is 5.75 Å². The monoisotopic (exact) mass is 341 g/mol. The predicted octanol–water partition coefficient (Wildman–Crippen LogP) is 2.05. The lowest BCUT2D eigenvalue weighted by molar-refractivity contribution is 0.0904. The summed E-state index contributed by atoms with van der Waals surface area (Å²) in [5, 5.41) is 7.90. The second-order valence-electron chi connectivity index (χ2n) is 6.15. The number of amides is 1. The van der Waals surface area contributed by atoms with Crippen LogP contribution in [0.15, 0.2) is 41.1 Å².